The van der Waals surface area contributed by atoms with Crippen LogP contribution in [0.25, 0.3) is 0 Å². The minimum Gasteiger partial charge on any atom is -0.348 e. The molecule has 0 saturated heterocycles. The number of hydrogen-bond donors (Lipinski definition) is 2. The van der Waals surface area contributed by atoms with E-state index >= 15 is 0 Å². The first-order valence-corrected chi connectivity index (χ1v) is 8.76. The number of rotatable bonds is 5. The number of nitrogens with one attached hydrogen (secondary N) is 2. The largest absolute Gasteiger partial charge is 0.348 e. The van der Waals surface area contributed by atoms with Gasteiger partial charge in [0.25, 0.3) is 11.8 Å². The van der Waals surface area contributed by atoms with Crippen LogP contribution in [-0.2, 0) is 6.54 Å². The van der Waals surface area contributed by atoms with Gasteiger partial charge >= 0.3 is 0 Å². The van der Waals surface area contributed by atoms with Crippen molar-refractivity contribution < 1.29 is 9.59 Å². The van der Waals surface area contributed by atoms with E-state index in [1.165, 1.54) is 18.5 Å². The number of amides is 2. The number of anilines is 1. The van der Waals surface area contributed by atoms with Crippen LogP contribution in [0.3, 0.4) is 0 Å². The van der Waals surface area contributed by atoms with Crippen molar-refractivity contribution in [2.24, 2.45) is 0 Å². The molecule has 1 heterocycles. The lowest BCUT2D eigenvalue weighted by molar-refractivity contribution is 0.0950. The Morgan fingerprint density at radius 2 is 1.63 bits per heavy atom. The lowest BCUT2D eigenvalue weighted by Gasteiger charge is -2.09. The molecule has 3 rings (SSSR count). The molecule has 0 saturated carbocycles. The Kier molecular flexibility index (Phi) is 5.84. The number of nitrogens with zero attached hydrogens (tertiary/aromatic N) is 1. The maximum absolute atomic E-state index is 12.5. The fraction of sp³-hybridized carbons (Fsp3) is 0.0952. The predicted octanol–water partition coefficient (Wildman–Crippen LogP) is 4.23. The Balaban J connectivity index is 1.69. The van der Waals surface area contributed by atoms with Crippen molar-refractivity contribution in [1.29, 1.82) is 0 Å². The normalized spacial score (nSPS) is 10.3. The second-order valence-corrected chi connectivity index (χ2v) is 6.41. The van der Waals surface area contributed by atoms with Crippen LogP contribution in [0.2, 0.25) is 5.02 Å². The highest BCUT2D eigenvalue weighted by Crippen LogP contribution is 2.16. The van der Waals surface area contributed by atoms with Gasteiger partial charge in [0, 0.05) is 29.6 Å². The molecule has 2 aromatic carbocycles. The molecule has 0 fully saturated rings. The van der Waals surface area contributed by atoms with Gasteiger partial charge in [-0.1, -0.05) is 48.0 Å². The average Bonchev–Trinajstić information content (AvgIpc) is 2.69. The molecule has 0 aliphatic heterocycles. The molecule has 5 nitrogen and oxygen atoms in total. The SMILES string of the molecule is Cc1ccccc1NC(=O)c1cncc(C(=O)NCc2ccccc2Cl)c1. The summed E-state index contributed by atoms with van der Waals surface area (Å²) in [5, 5.41) is 6.20. The van der Waals surface area contributed by atoms with Crippen LogP contribution in [0.15, 0.2) is 67.0 Å². The summed E-state index contributed by atoms with van der Waals surface area (Å²) in [6, 6.07) is 16.3. The van der Waals surface area contributed by atoms with Crippen LogP contribution in [0.5, 0.6) is 0 Å². The maximum atomic E-state index is 12.5. The summed E-state index contributed by atoms with van der Waals surface area (Å²) in [5.74, 6) is -0.648. The molecule has 0 atom stereocenters. The number of carbonyl (C=O) groups is 2. The standard InChI is InChI=1S/C21H18ClN3O2/c1-14-6-2-5-9-19(14)25-21(27)17-10-16(11-23-12-17)20(26)24-13-15-7-3-4-8-18(15)22/h2-12H,13H2,1H3,(H,24,26)(H,25,27). The summed E-state index contributed by atoms with van der Waals surface area (Å²) in [7, 11) is 0. The molecule has 0 unspecified atom stereocenters. The Labute approximate surface area is 162 Å². The third-order valence-corrected chi connectivity index (χ3v) is 4.42. The molecule has 27 heavy (non-hydrogen) atoms. The molecule has 2 N–H and O–H groups in total. The first kappa shape index (κ1) is 18.6. The zero-order valence-electron chi connectivity index (χ0n) is 14.7. The predicted molar refractivity (Wildman–Crippen MR) is 106 cm³/mol. The molecule has 0 spiro atoms. The summed E-state index contributed by atoms with van der Waals surface area (Å²) in [5.41, 5.74) is 3.10. The highest BCUT2D eigenvalue weighted by molar-refractivity contribution is 6.31. The highest BCUT2D eigenvalue weighted by Gasteiger charge is 2.12. The zero-order chi connectivity index (χ0) is 19.2. The number of para-hydroxylation sites is 1. The topological polar surface area (TPSA) is 71.1 Å². The molecule has 0 bridgehead atoms. The van der Waals surface area contributed by atoms with Crippen molar-refractivity contribution in [3.05, 3.63) is 94.3 Å². The maximum Gasteiger partial charge on any atom is 0.257 e. The van der Waals surface area contributed by atoms with Crippen LogP contribution in [-0.4, -0.2) is 16.8 Å². The van der Waals surface area contributed by atoms with Crippen molar-refractivity contribution in [2.45, 2.75) is 13.5 Å². The number of benzene rings is 2. The quantitative estimate of drug-likeness (QED) is 0.697. The Morgan fingerprint density at radius 1 is 0.963 bits per heavy atom. The first-order valence-electron chi connectivity index (χ1n) is 8.38. The molecule has 6 heteroatoms. The molecular formula is C21H18ClN3O2. The Morgan fingerprint density at radius 3 is 2.37 bits per heavy atom. The lowest BCUT2D eigenvalue weighted by Crippen LogP contribution is -2.24. The van der Waals surface area contributed by atoms with Gasteiger partial charge in [-0.05, 0) is 36.2 Å². The van der Waals surface area contributed by atoms with Crippen LogP contribution >= 0.6 is 11.6 Å². The third-order valence-electron chi connectivity index (χ3n) is 4.05. The number of aryl methyl sites for hydroxylation is 1. The number of pyridine rings is 1. The molecular weight excluding hydrogens is 362 g/mol. The van der Waals surface area contributed by atoms with Gasteiger partial charge in [-0.2, -0.15) is 0 Å². The molecule has 3 aromatic rings. The van der Waals surface area contributed by atoms with Crippen molar-refractivity contribution in [1.82, 2.24) is 10.3 Å². The van der Waals surface area contributed by atoms with Crippen LogP contribution in [0.1, 0.15) is 31.8 Å². The molecule has 136 valence electrons. The minimum atomic E-state index is -0.326. The van der Waals surface area contributed by atoms with Gasteiger partial charge in [-0.25, -0.2) is 0 Å². The van der Waals surface area contributed by atoms with E-state index in [1.807, 2.05) is 49.4 Å². The van der Waals surface area contributed by atoms with Gasteiger partial charge in [-0.3, -0.25) is 14.6 Å². The second-order valence-electron chi connectivity index (χ2n) is 6.01. The summed E-state index contributed by atoms with van der Waals surface area (Å²) >= 11 is 6.09. The van der Waals surface area contributed by atoms with Gasteiger partial charge in [-0.15, -0.1) is 0 Å². The second kappa shape index (κ2) is 8.47. The van der Waals surface area contributed by atoms with Crippen LogP contribution in [0.4, 0.5) is 5.69 Å². The van der Waals surface area contributed by atoms with Gasteiger partial charge in [0.2, 0.25) is 0 Å². The molecule has 2 amide bonds. The Bertz CT molecular complexity index is 988. The van der Waals surface area contributed by atoms with E-state index in [-0.39, 0.29) is 18.4 Å². The molecule has 0 radical (unpaired) electrons. The monoisotopic (exact) mass is 379 g/mol. The summed E-state index contributed by atoms with van der Waals surface area (Å²) in [4.78, 5) is 28.9. The van der Waals surface area contributed by atoms with Crippen molar-refractivity contribution in [3.8, 4) is 0 Å². The number of hydrogen-bond acceptors (Lipinski definition) is 3. The van der Waals surface area contributed by atoms with Crippen molar-refractivity contribution in [3.63, 3.8) is 0 Å². The summed E-state index contributed by atoms with van der Waals surface area (Å²) in [6.45, 7) is 2.20. The molecule has 0 aliphatic rings. The lowest BCUT2D eigenvalue weighted by atomic mass is 10.1. The van der Waals surface area contributed by atoms with Gasteiger partial charge in [0.05, 0.1) is 11.1 Å². The van der Waals surface area contributed by atoms with E-state index in [1.54, 1.807) is 6.07 Å². The van der Waals surface area contributed by atoms with Gasteiger partial charge in [0.1, 0.15) is 0 Å². The highest BCUT2D eigenvalue weighted by atomic mass is 35.5. The van der Waals surface area contributed by atoms with Crippen LogP contribution in [0, 0.1) is 6.92 Å². The Hall–Kier alpha value is -3.18. The van der Waals surface area contributed by atoms with Crippen molar-refractivity contribution >= 4 is 29.1 Å². The van der Waals surface area contributed by atoms with Gasteiger partial charge in [0.15, 0.2) is 0 Å². The average molecular weight is 380 g/mol. The van der Waals surface area contributed by atoms with E-state index in [0.717, 1.165) is 16.8 Å². The minimum absolute atomic E-state index is 0.290. The fourth-order valence-electron chi connectivity index (χ4n) is 2.52. The van der Waals surface area contributed by atoms with E-state index in [4.69, 9.17) is 11.6 Å². The first-order chi connectivity index (χ1) is 13.0. The number of halogens is 1. The van der Waals surface area contributed by atoms with Gasteiger partial charge < -0.3 is 10.6 Å². The summed E-state index contributed by atoms with van der Waals surface area (Å²) in [6.07, 6.45) is 2.85. The van der Waals surface area contributed by atoms with E-state index in [0.29, 0.717) is 16.1 Å². The smallest absolute Gasteiger partial charge is 0.257 e. The van der Waals surface area contributed by atoms with Crippen molar-refractivity contribution in [2.75, 3.05) is 5.32 Å². The third kappa shape index (κ3) is 4.71. The van der Waals surface area contributed by atoms with Crippen LogP contribution < -0.4 is 10.6 Å². The molecule has 1 aromatic heterocycles. The number of carbonyl (C=O) groups excluding carboxylic acids is 2. The zero-order valence-corrected chi connectivity index (χ0v) is 15.5. The van der Waals surface area contributed by atoms with E-state index in [9.17, 15) is 9.59 Å². The fourth-order valence-corrected chi connectivity index (χ4v) is 2.72. The van der Waals surface area contributed by atoms with E-state index < -0.39 is 0 Å². The number of aromatic nitrogens is 1. The van der Waals surface area contributed by atoms with E-state index in [2.05, 4.69) is 15.6 Å². The summed E-state index contributed by atoms with van der Waals surface area (Å²) < 4.78 is 0. The molecule has 0 aliphatic carbocycles.